The van der Waals surface area contributed by atoms with Crippen molar-refractivity contribution in [3.05, 3.63) is 0 Å². The van der Waals surface area contributed by atoms with Crippen molar-refractivity contribution in [3.8, 4) is 0 Å². The topological polar surface area (TPSA) is 9.23 Å². The summed E-state index contributed by atoms with van der Waals surface area (Å²) in [5, 5.41) is 0. The molecule has 0 aromatic heterocycles. The highest BCUT2D eigenvalue weighted by Crippen LogP contribution is 2.29. The van der Waals surface area contributed by atoms with Gasteiger partial charge in [-0.15, -0.1) is 0 Å². The van der Waals surface area contributed by atoms with E-state index in [-0.39, 0.29) is 5.56 Å². The summed E-state index contributed by atoms with van der Waals surface area (Å²) < 4.78 is 5.48. The molecule has 0 bridgehead atoms. The van der Waals surface area contributed by atoms with Gasteiger partial charge in [-0.3, -0.25) is 0 Å². The van der Waals surface area contributed by atoms with Gasteiger partial charge >= 0.3 is 0 Å². The third kappa shape index (κ3) is 2.47. The Bertz CT molecular complexity index is 101. The standard InChI is InChI=1S/C8H15ClO/c1-3-6(2)8(9)10-7-4-5-7/h6-8H,3-5H2,1-2H3. The summed E-state index contributed by atoms with van der Waals surface area (Å²) in [6.07, 6.45) is 4.00. The van der Waals surface area contributed by atoms with Crippen LogP contribution in [0.5, 0.6) is 0 Å². The molecule has 0 N–H and O–H groups in total. The molecule has 2 unspecified atom stereocenters. The lowest BCUT2D eigenvalue weighted by molar-refractivity contribution is 0.0590. The van der Waals surface area contributed by atoms with Crippen LogP contribution < -0.4 is 0 Å². The Morgan fingerprint density at radius 1 is 1.60 bits per heavy atom. The van der Waals surface area contributed by atoms with Crippen LogP contribution in [0.2, 0.25) is 0 Å². The fraction of sp³-hybridized carbons (Fsp3) is 1.00. The van der Waals surface area contributed by atoms with Gasteiger partial charge in [0.2, 0.25) is 0 Å². The van der Waals surface area contributed by atoms with E-state index < -0.39 is 0 Å². The Kier molecular flexibility index (Phi) is 2.99. The zero-order valence-electron chi connectivity index (χ0n) is 6.64. The minimum absolute atomic E-state index is 0.0579. The second-order valence-corrected chi connectivity index (χ2v) is 3.50. The minimum Gasteiger partial charge on any atom is -0.359 e. The summed E-state index contributed by atoms with van der Waals surface area (Å²) in [6.45, 7) is 4.26. The van der Waals surface area contributed by atoms with Crippen LogP contribution in [-0.2, 0) is 4.74 Å². The van der Waals surface area contributed by atoms with E-state index in [4.69, 9.17) is 16.3 Å². The normalized spacial score (nSPS) is 24.3. The second kappa shape index (κ2) is 3.59. The largest absolute Gasteiger partial charge is 0.359 e. The third-order valence-corrected chi connectivity index (χ3v) is 2.47. The summed E-state index contributed by atoms with van der Waals surface area (Å²) in [6, 6.07) is 0. The van der Waals surface area contributed by atoms with Crippen LogP contribution in [0.15, 0.2) is 0 Å². The van der Waals surface area contributed by atoms with Gasteiger partial charge in [0.15, 0.2) is 0 Å². The minimum atomic E-state index is -0.0579. The van der Waals surface area contributed by atoms with Gasteiger partial charge in [0.1, 0.15) is 5.56 Å². The molecule has 1 nitrogen and oxygen atoms in total. The van der Waals surface area contributed by atoms with Gasteiger partial charge in [0.25, 0.3) is 0 Å². The van der Waals surface area contributed by atoms with Crippen molar-refractivity contribution in [3.63, 3.8) is 0 Å². The van der Waals surface area contributed by atoms with Gasteiger partial charge in [-0.25, -0.2) is 0 Å². The van der Waals surface area contributed by atoms with Crippen LogP contribution in [0, 0.1) is 5.92 Å². The maximum Gasteiger partial charge on any atom is 0.134 e. The van der Waals surface area contributed by atoms with Gasteiger partial charge in [-0.1, -0.05) is 25.4 Å². The molecule has 0 aliphatic heterocycles. The zero-order valence-corrected chi connectivity index (χ0v) is 7.40. The molecule has 0 aromatic carbocycles. The van der Waals surface area contributed by atoms with Gasteiger partial charge in [-0.2, -0.15) is 0 Å². The number of hydrogen-bond donors (Lipinski definition) is 0. The van der Waals surface area contributed by atoms with E-state index in [1.165, 1.54) is 12.8 Å². The smallest absolute Gasteiger partial charge is 0.134 e. The summed E-state index contributed by atoms with van der Waals surface area (Å²) in [5.41, 5.74) is -0.0579. The first kappa shape index (κ1) is 8.35. The molecule has 1 aliphatic carbocycles. The van der Waals surface area contributed by atoms with Crippen molar-refractivity contribution < 1.29 is 4.74 Å². The van der Waals surface area contributed by atoms with Crippen LogP contribution in [-0.4, -0.2) is 11.7 Å². The Hall–Kier alpha value is 0.250. The van der Waals surface area contributed by atoms with Crippen LogP contribution in [0.1, 0.15) is 33.1 Å². The van der Waals surface area contributed by atoms with E-state index in [0.717, 1.165) is 6.42 Å². The quantitative estimate of drug-likeness (QED) is 0.578. The van der Waals surface area contributed by atoms with Crippen molar-refractivity contribution in [1.29, 1.82) is 0 Å². The first-order valence-corrected chi connectivity index (χ1v) is 4.47. The van der Waals surface area contributed by atoms with Crippen molar-refractivity contribution in [2.24, 2.45) is 5.92 Å². The second-order valence-electron chi connectivity index (χ2n) is 3.07. The first-order valence-electron chi connectivity index (χ1n) is 4.03. The van der Waals surface area contributed by atoms with E-state index >= 15 is 0 Å². The molecule has 0 heterocycles. The predicted octanol–water partition coefficient (Wildman–Crippen LogP) is 2.78. The molecule has 0 aromatic rings. The highest BCUT2D eigenvalue weighted by atomic mass is 35.5. The van der Waals surface area contributed by atoms with Crippen molar-refractivity contribution in [2.45, 2.75) is 44.8 Å². The number of hydrogen-bond acceptors (Lipinski definition) is 1. The summed E-state index contributed by atoms with van der Waals surface area (Å²) in [4.78, 5) is 0. The van der Waals surface area contributed by atoms with Gasteiger partial charge in [0.05, 0.1) is 6.10 Å². The average Bonchev–Trinajstić information content (AvgIpc) is 2.70. The van der Waals surface area contributed by atoms with Crippen molar-refractivity contribution in [1.82, 2.24) is 0 Å². The lowest BCUT2D eigenvalue weighted by Gasteiger charge is -2.15. The molecule has 1 rings (SSSR count). The molecule has 0 saturated heterocycles. The van der Waals surface area contributed by atoms with Crippen molar-refractivity contribution in [2.75, 3.05) is 0 Å². The SMILES string of the molecule is CCC(C)C(Cl)OC1CC1. The highest BCUT2D eigenvalue weighted by Gasteiger charge is 2.27. The molecule has 0 spiro atoms. The molecule has 10 heavy (non-hydrogen) atoms. The summed E-state index contributed by atoms with van der Waals surface area (Å²) in [5.74, 6) is 0.488. The molecule has 1 saturated carbocycles. The Morgan fingerprint density at radius 2 is 2.20 bits per heavy atom. The van der Waals surface area contributed by atoms with Crippen LogP contribution in [0.25, 0.3) is 0 Å². The van der Waals surface area contributed by atoms with Gasteiger partial charge < -0.3 is 4.74 Å². The third-order valence-electron chi connectivity index (χ3n) is 1.94. The molecular weight excluding hydrogens is 148 g/mol. The van der Waals surface area contributed by atoms with Gasteiger partial charge in [-0.05, 0) is 25.2 Å². The van der Waals surface area contributed by atoms with Crippen LogP contribution in [0.4, 0.5) is 0 Å². The van der Waals surface area contributed by atoms with Gasteiger partial charge in [0, 0.05) is 0 Å². The molecule has 1 fully saturated rings. The lowest BCUT2D eigenvalue weighted by atomic mass is 10.1. The molecule has 2 heteroatoms. The predicted molar refractivity (Wildman–Crippen MR) is 43.2 cm³/mol. The van der Waals surface area contributed by atoms with E-state index in [2.05, 4.69) is 13.8 Å². The van der Waals surface area contributed by atoms with Crippen molar-refractivity contribution >= 4 is 11.6 Å². The molecule has 60 valence electrons. The molecule has 1 aliphatic rings. The average molecular weight is 163 g/mol. The van der Waals surface area contributed by atoms with E-state index in [9.17, 15) is 0 Å². The Balaban J connectivity index is 2.11. The summed E-state index contributed by atoms with van der Waals surface area (Å²) >= 11 is 5.94. The number of halogens is 1. The Labute approximate surface area is 67.7 Å². The molecule has 0 amide bonds. The van der Waals surface area contributed by atoms with Crippen LogP contribution in [0.3, 0.4) is 0 Å². The maximum absolute atomic E-state index is 5.94. The van der Waals surface area contributed by atoms with E-state index in [1.807, 2.05) is 0 Å². The monoisotopic (exact) mass is 162 g/mol. The number of ether oxygens (including phenoxy) is 1. The fourth-order valence-corrected chi connectivity index (χ4v) is 1.03. The lowest BCUT2D eigenvalue weighted by Crippen LogP contribution is -2.15. The summed E-state index contributed by atoms with van der Waals surface area (Å²) in [7, 11) is 0. The molecule has 0 radical (unpaired) electrons. The molecular formula is C8H15ClO. The molecule has 2 atom stereocenters. The fourth-order valence-electron chi connectivity index (χ4n) is 0.707. The Morgan fingerprint density at radius 3 is 2.60 bits per heavy atom. The highest BCUT2D eigenvalue weighted by molar-refractivity contribution is 6.19. The van der Waals surface area contributed by atoms with E-state index in [0.29, 0.717) is 12.0 Å². The van der Waals surface area contributed by atoms with E-state index in [1.54, 1.807) is 0 Å². The number of alkyl halides is 1. The maximum atomic E-state index is 5.94. The zero-order chi connectivity index (χ0) is 7.56. The first-order chi connectivity index (χ1) is 4.74. The van der Waals surface area contributed by atoms with Crippen LogP contribution >= 0.6 is 11.6 Å². The number of rotatable bonds is 4.